The molecule has 158 valence electrons. The molecule has 0 saturated carbocycles. The quantitative estimate of drug-likeness (QED) is 0.596. The zero-order chi connectivity index (χ0) is 21.9. The minimum absolute atomic E-state index is 0.0284. The fraction of sp³-hybridized carbons (Fsp3) is 0.158. The molecule has 2 aromatic carbocycles. The van der Waals surface area contributed by atoms with Crippen LogP contribution in [0.25, 0.3) is 0 Å². The van der Waals surface area contributed by atoms with E-state index < -0.39 is 27.7 Å². The van der Waals surface area contributed by atoms with Gasteiger partial charge in [-0.05, 0) is 48.4 Å². The molecular formula is C19H16F3N3O4S. The predicted octanol–water partition coefficient (Wildman–Crippen LogP) is 4.31. The summed E-state index contributed by atoms with van der Waals surface area (Å²) < 4.78 is 70.9. The van der Waals surface area contributed by atoms with Crippen LogP contribution >= 0.6 is 0 Å². The van der Waals surface area contributed by atoms with Crippen LogP contribution in [-0.4, -0.2) is 19.3 Å². The van der Waals surface area contributed by atoms with Crippen LogP contribution in [0.2, 0.25) is 0 Å². The molecule has 0 aliphatic carbocycles. The number of halogens is 3. The van der Waals surface area contributed by atoms with Crippen molar-refractivity contribution in [3.05, 3.63) is 71.9 Å². The molecule has 1 amide bonds. The summed E-state index contributed by atoms with van der Waals surface area (Å²) in [7, 11) is -4.14. The number of sulfonamides is 1. The summed E-state index contributed by atoms with van der Waals surface area (Å²) in [5.74, 6) is -0.856. The highest BCUT2D eigenvalue weighted by molar-refractivity contribution is 7.92. The largest absolute Gasteiger partial charge is 0.441 e. The van der Waals surface area contributed by atoms with Crippen LogP contribution < -0.4 is 10.0 Å². The summed E-state index contributed by atoms with van der Waals surface area (Å²) in [6.45, 7) is 1.75. The Bertz CT molecular complexity index is 1140. The lowest BCUT2D eigenvalue weighted by Gasteiger charge is -2.14. The zero-order valence-corrected chi connectivity index (χ0v) is 16.3. The minimum Gasteiger partial charge on any atom is -0.441 e. The predicted molar refractivity (Wildman–Crippen MR) is 103 cm³/mol. The van der Waals surface area contributed by atoms with Crippen LogP contribution in [-0.2, 0) is 22.6 Å². The van der Waals surface area contributed by atoms with Crippen molar-refractivity contribution in [1.29, 1.82) is 0 Å². The average Bonchev–Trinajstić information content (AvgIpc) is 3.22. The number of benzene rings is 2. The van der Waals surface area contributed by atoms with Crippen LogP contribution in [0.1, 0.15) is 28.7 Å². The maximum atomic E-state index is 12.9. The van der Waals surface area contributed by atoms with Crippen LogP contribution in [0, 0.1) is 0 Å². The molecular weight excluding hydrogens is 423 g/mol. The fourth-order valence-electron chi connectivity index (χ4n) is 2.63. The number of rotatable bonds is 6. The third-order valence-corrected chi connectivity index (χ3v) is 5.55. The molecule has 0 bridgehead atoms. The average molecular weight is 439 g/mol. The summed E-state index contributed by atoms with van der Waals surface area (Å²) in [5.41, 5.74) is -0.276. The van der Waals surface area contributed by atoms with E-state index in [-0.39, 0.29) is 22.2 Å². The van der Waals surface area contributed by atoms with E-state index in [2.05, 4.69) is 15.0 Å². The highest BCUT2D eigenvalue weighted by Crippen LogP contribution is 2.30. The normalized spacial score (nSPS) is 11.9. The molecule has 1 aromatic heterocycles. The molecule has 0 atom stereocenters. The molecule has 0 saturated heterocycles. The van der Waals surface area contributed by atoms with Gasteiger partial charge in [-0.1, -0.05) is 13.0 Å². The van der Waals surface area contributed by atoms with E-state index in [1.54, 1.807) is 6.92 Å². The third-order valence-electron chi connectivity index (χ3n) is 4.09. The Morgan fingerprint density at radius 1 is 1.10 bits per heavy atom. The number of alkyl halides is 3. The van der Waals surface area contributed by atoms with Gasteiger partial charge in [-0.3, -0.25) is 9.52 Å². The van der Waals surface area contributed by atoms with E-state index in [0.29, 0.717) is 12.0 Å². The van der Waals surface area contributed by atoms with Gasteiger partial charge in [0.05, 0.1) is 16.7 Å². The van der Waals surface area contributed by atoms with E-state index in [4.69, 9.17) is 4.42 Å². The van der Waals surface area contributed by atoms with Crippen molar-refractivity contribution >= 4 is 27.3 Å². The van der Waals surface area contributed by atoms with Crippen molar-refractivity contribution < 1.29 is 30.8 Å². The number of nitrogens with zero attached hydrogens (tertiary/aromatic N) is 1. The molecule has 0 spiro atoms. The second-order valence-electron chi connectivity index (χ2n) is 6.15. The van der Waals surface area contributed by atoms with Crippen molar-refractivity contribution in [3.8, 4) is 0 Å². The highest BCUT2D eigenvalue weighted by Gasteiger charge is 2.30. The molecule has 3 aromatic rings. The lowest BCUT2D eigenvalue weighted by atomic mass is 10.1. The first kappa shape index (κ1) is 21.4. The minimum atomic E-state index is -4.53. The number of amides is 1. The lowest BCUT2D eigenvalue weighted by Crippen LogP contribution is -2.17. The van der Waals surface area contributed by atoms with Gasteiger partial charge in [0.25, 0.3) is 15.9 Å². The molecule has 0 fully saturated rings. The first-order chi connectivity index (χ1) is 14.1. The Morgan fingerprint density at radius 3 is 2.33 bits per heavy atom. The third kappa shape index (κ3) is 4.79. The van der Waals surface area contributed by atoms with E-state index in [9.17, 15) is 26.4 Å². The Labute approximate surface area is 170 Å². The summed E-state index contributed by atoms with van der Waals surface area (Å²) in [4.78, 5) is 15.7. The molecule has 0 unspecified atom stereocenters. The number of nitrogens with one attached hydrogen (secondary N) is 2. The van der Waals surface area contributed by atoms with Gasteiger partial charge in [0.1, 0.15) is 6.26 Å². The first-order valence-corrected chi connectivity index (χ1v) is 10.1. The number of hydrogen-bond donors (Lipinski definition) is 2. The molecule has 0 aliphatic rings. The maximum absolute atomic E-state index is 12.9. The van der Waals surface area contributed by atoms with Gasteiger partial charge in [-0.15, -0.1) is 0 Å². The Balaban J connectivity index is 1.87. The molecule has 0 aliphatic heterocycles. The topological polar surface area (TPSA) is 101 Å². The number of aromatic nitrogens is 1. The second kappa shape index (κ2) is 8.19. The van der Waals surface area contributed by atoms with Gasteiger partial charge in [-0.25, -0.2) is 13.4 Å². The van der Waals surface area contributed by atoms with Crippen molar-refractivity contribution in [3.63, 3.8) is 0 Å². The van der Waals surface area contributed by atoms with Crippen molar-refractivity contribution in [2.75, 3.05) is 10.0 Å². The monoisotopic (exact) mass is 439 g/mol. The lowest BCUT2D eigenvalue weighted by molar-refractivity contribution is -0.137. The molecule has 11 heteroatoms. The van der Waals surface area contributed by atoms with Gasteiger partial charge in [0, 0.05) is 11.4 Å². The summed E-state index contributed by atoms with van der Waals surface area (Å²) >= 11 is 0. The Kier molecular flexibility index (Phi) is 5.83. The standard InChI is InChI=1S/C19H16F3N3O4S/c1-2-12-3-6-15(24-17(26)18-23-9-10-29-18)11-16(12)30(27,28)25-14-7-4-13(5-8-14)19(20,21)22/h3-11,25H,2H2,1H3,(H,24,26). The number of carbonyl (C=O) groups is 1. The number of carbonyl (C=O) groups excluding carboxylic acids is 1. The van der Waals surface area contributed by atoms with E-state index in [1.165, 1.54) is 30.7 Å². The van der Waals surface area contributed by atoms with Gasteiger partial charge in [0.2, 0.25) is 0 Å². The molecule has 7 nitrogen and oxygen atoms in total. The first-order valence-electron chi connectivity index (χ1n) is 8.64. The van der Waals surface area contributed by atoms with Gasteiger partial charge >= 0.3 is 12.1 Å². The number of oxazole rings is 1. The fourth-order valence-corrected chi connectivity index (χ4v) is 4.03. The Hall–Kier alpha value is -3.34. The van der Waals surface area contributed by atoms with Gasteiger partial charge in [-0.2, -0.15) is 13.2 Å². The van der Waals surface area contributed by atoms with Crippen LogP contribution in [0.3, 0.4) is 0 Å². The summed E-state index contributed by atoms with van der Waals surface area (Å²) in [5, 5.41) is 2.48. The summed E-state index contributed by atoms with van der Waals surface area (Å²) in [6.07, 6.45) is -1.64. The molecule has 3 rings (SSSR count). The van der Waals surface area contributed by atoms with E-state index in [1.807, 2.05) is 0 Å². The molecule has 1 heterocycles. The Morgan fingerprint density at radius 2 is 1.77 bits per heavy atom. The summed E-state index contributed by atoms with van der Waals surface area (Å²) in [6, 6.07) is 7.94. The molecule has 30 heavy (non-hydrogen) atoms. The van der Waals surface area contributed by atoms with Crippen LogP contribution in [0.15, 0.2) is 64.2 Å². The number of anilines is 2. The van der Waals surface area contributed by atoms with Crippen molar-refractivity contribution in [2.24, 2.45) is 0 Å². The number of hydrogen-bond acceptors (Lipinski definition) is 5. The highest BCUT2D eigenvalue weighted by atomic mass is 32.2. The van der Waals surface area contributed by atoms with Gasteiger partial charge in [0.15, 0.2) is 0 Å². The van der Waals surface area contributed by atoms with Crippen molar-refractivity contribution in [2.45, 2.75) is 24.4 Å². The molecule has 2 N–H and O–H groups in total. The number of aryl methyl sites for hydroxylation is 1. The molecule has 0 radical (unpaired) electrons. The van der Waals surface area contributed by atoms with Crippen LogP contribution in [0.5, 0.6) is 0 Å². The van der Waals surface area contributed by atoms with Gasteiger partial charge < -0.3 is 9.73 Å². The SMILES string of the molecule is CCc1ccc(NC(=O)c2ncco2)cc1S(=O)(=O)Nc1ccc(C(F)(F)F)cc1. The second-order valence-corrected chi connectivity index (χ2v) is 7.80. The smallest absolute Gasteiger partial charge is 0.416 e. The van der Waals surface area contributed by atoms with Crippen molar-refractivity contribution in [1.82, 2.24) is 4.98 Å². The van der Waals surface area contributed by atoms with E-state index >= 15 is 0 Å². The van der Waals surface area contributed by atoms with Crippen LogP contribution in [0.4, 0.5) is 24.5 Å². The zero-order valence-electron chi connectivity index (χ0n) is 15.5. The maximum Gasteiger partial charge on any atom is 0.416 e. The van der Waals surface area contributed by atoms with E-state index in [0.717, 1.165) is 24.3 Å².